The molecule has 1 aromatic rings. The van der Waals surface area contributed by atoms with E-state index in [-0.39, 0.29) is 35.9 Å². The van der Waals surface area contributed by atoms with Gasteiger partial charge in [-0.2, -0.15) is 0 Å². The number of nitrogens with one attached hydrogen (secondary N) is 2. The number of benzene rings is 1. The van der Waals surface area contributed by atoms with Crippen LogP contribution in [0.1, 0.15) is 37.8 Å². The molecule has 1 amide bonds. The molecule has 0 aromatic heterocycles. The van der Waals surface area contributed by atoms with Crippen LogP contribution in [0, 0.1) is 0 Å². The maximum absolute atomic E-state index is 11.6. The maximum Gasteiger partial charge on any atom is 0.223 e. The third kappa shape index (κ3) is 6.66. The van der Waals surface area contributed by atoms with E-state index in [4.69, 9.17) is 0 Å². The molecule has 146 valence electrons. The van der Waals surface area contributed by atoms with Crippen molar-refractivity contribution in [3.8, 4) is 0 Å². The first-order chi connectivity index (χ1) is 12.0. The largest absolute Gasteiger partial charge is 0.372 e. The number of nitrogens with zero attached hydrogens (tertiary/aromatic N) is 3. The zero-order chi connectivity index (χ0) is 18.2. The third-order valence-corrected chi connectivity index (χ3v) is 4.55. The van der Waals surface area contributed by atoms with E-state index in [2.05, 4.69) is 51.7 Å². The van der Waals surface area contributed by atoms with Crippen LogP contribution >= 0.6 is 24.0 Å². The van der Waals surface area contributed by atoms with Gasteiger partial charge in [0.05, 0.1) is 6.04 Å². The summed E-state index contributed by atoms with van der Waals surface area (Å²) < 4.78 is 0. The number of anilines is 1. The van der Waals surface area contributed by atoms with Crippen LogP contribution in [0.5, 0.6) is 0 Å². The lowest BCUT2D eigenvalue weighted by molar-refractivity contribution is -0.128. The Bertz CT molecular complexity index is 599. The number of halogens is 1. The van der Waals surface area contributed by atoms with Crippen molar-refractivity contribution in [2.45, 2.75) is 32.2 Å². The van der Waals surface area contributed by atoms with Crippen molar-refractivity contribution in [2.75, 3.05) is 45.7 Å². The molecule has 1 aliphatic heterocycles. The van der Waals surface area contributed by atoms with Crippen LogP contribution in [0.25, 0.3) is 0 Å². The highest BCUT2D eigenvalue weighted by molar-refractivity contribution is 14.0. The van der Waals surface area contributed by atoms with E-state index in [0.717, 1.165) is 13.1 Å². The van der Waals surface area contributed by atoms with Crippen LogP contribution in [0.4, 0.5) is 5.69 Å². The first-order valence-corrected chi connectivity index (χ1v) is 9.03. The summed E-state index contributed by atoms with van der Waals surface area (Å²) in [6.45, 7) is 4.99. The van der Waals surface area contributed by atoms with Crippen LogP contribution < -0.4 is 15.5 Å². The first kappa shape index (κ1) is 22.5. The molecule has 2 rings (SSSR count). The summed E-state index contributed by atoms with van der Waals surface area (Å²) in [5.41, 5.74) is 2.53. The van der Waals surface area contributed by atoms with E-state index < -0.39 is 0 Å². The lowest BCUT2D eigenvalue weighted by atomic mass is 10.1. The molecule has 0 bridgehead atoms. The normalized spacial score (nSPS) is 15.2. The highest BCUT2D eigenvalue weighted by Gasteiger charge is 2.14. The molecule has 1 fully saturated rings. The molecule has 1 aliphatic rings. The van der Waals surface area contributed by atoms with Crippen LogP contribution in [-0.2, 0) is 4.79 Å². The quantitative estimate of drug-likeness (QED) is 0.379. The van der Waals surface area contributed by atoms with Gasteiger partial charge in [-0.1, -0.05) is 12.1 Å². The van der Waals surface area contributed by atoms with Crippen molar-refractivity contribution in [3.05, 3.63) is 29.8 Å². The molecule has 7 heteroatoms. The first-order valence-electron chi connectivity index (χ1n) is 9.03. The molecule has 0 aliphatic carbocycles. The number of amides is 1. The molecule has 0 saturated carbocycles. The summed E-state index contributed by atoms with van der Waals surface area (Å²) in [7, 11) is 5.28. The summed E-state index contributed by atoms with van der Waals surface area (Å²) in [5, 5.41) is 6.61. The molecule has 6 nitrogen and oxygen atoms in total. The Kier molecular flexibility index (Phi) is 9.75. The van der Waals surface area contributed by atoms with E-state index in [1.54, 1.807) is 26.0 Å². The van der Waals surface area contributed by atoms with Crippen molar-refractivity contribution in [1.29, 1.82) is 0 Å². The number of hydrogen-bond acceptors (Lipinski definition) is 3. The highest BCUT2D eigenvalue weighted by atomic mass is 127. The maximum atomic E-state index is 11.6. The number of rotatable bonds is 6. The second-order valence-electron chi connectivity index (χ2n) is 6.69. The lowest BCUT2D eigenvalue weighted by Crippen LogP contribution is -2.40. The molecule has 1 unspecified atom stereocenters. The van der Waals surface area contributed by atoms with Crippen LogP contribution in [-0.4, -0.2) is 57.5 Å². The highest BCUT2D eigenvalue weighted by Crippen LogP contribution is 2.23. The topological polar surface area (TPSA) is 60.0 Å². The van der Waals surface area contributed by atoms with Gasteiger partial charge >= 0.3 is 0 Å². The second kappa shape index (κ2) is 11.3. The summed E-state index contributed by atoms with van der Waals surface area (Å²) in [5.74, 6) is 0.819. The molecular weight excluding hydrogens is 441 g/mol. The summed E-state index contributed by atoms with van der Waals surface area (Å²) >= 11 is 0. The summed E-state index contributed by atoms with van der Waals surface area (Å²) in [4.78, 5) is 19.9. The fraction of sp³-hybridized carbons (Fsp3) is 0.579. The molecule has 0 radical (unpaired) electrons. The smallest absolute Gasteiger partial charge is 0.223 e. The van der Waals surface area contributed by atoms with Gasteiger partial charge in [0.1, 0.15) is 0 Å². The minimum Gasteiger partial charge on any atom is -0.372 e. The lowest BCUT2D eigenvalue weighted by Gasteiger charge is -2.22. The zero-order valence-electron chi connectivity index (χ0n) is 16.3. The minimum atomic E-state index is 0. The predicted molar refractivity (Wildman–Crippen MR) is 120 cm³/mol. The van der Waals surface area contributed by atoms with Gasteiger partial charge in [-0.05, 0) is 37.5 Å². The van der Waals surface area contributed by atoms with Gasteiger partial charge in [0.15, 0.2) is 5.96 Å². The van der Waals surface area contributed by atoms with Crippen molar-refractivity contribution in [2.24, 2.45) is 4.99 Å². The van der Waals surface area contributed by atoms with E-state index >= 15 is 0 Å². The van der Waals surface area contributed by atoms with Gasteiger partial charge in [-0.25, -0.2) is 0 Å². The Morgan fingerprint density at radius 3 is 2.62 bits per heavy atom. The fourth-order valence-electron chi connectivity index (χ4n) is 2.96. The number of carbonyl (C=O) groups is 1. The van der Waals surface area contributed by atoms with Gasteiger partial charge in [0, 0.05) is 52.9 Å². The SMILES string of the molecule is CN=C(NCCC(=O)N(C)C)NC(C)c1cccc(N2CCCC2)c1.I. The standard InChI is InChI=1S/C19H31N5O.HI/c1-15(22-19(20-2)21-11-10-18(25)23(3)4)16-8-7-9-17(14-16)24-12-5-6-13-24;/h7-9,14-15H,5-6,10-13H2,1-4H3,(H2,20,21,22);1H. The van der Waals surface area contributed by atoms with Gasteiger partial charge < -0.3 is 20.4 Å². The molecule has 1 heterocycles. The average Bonchev–Trinajstić information content (AvgIpc) is 3.15. The predicted octanol–water partition coefficient (Wildman–Crippen LogP) is 2.61. The monoisotopic (exact) mass is 473 g/mol. The van der Waals surface area contributed by atoms with E-state index in [9.17, 15) is 4.79 Å². The summed E-state index contributed by atoms with van der Waals surface area (Å²) in [6.07, 6.45) is 3.01. The Balaban J connectivity index is 0.00000338. The Morgan fingerprint density at radius 2 is 2.00 bits per heavy atom. The molecule has 2 N–H and O–H groups in total. The molecular formula is C19H32IN5O. The number of aliphatic imine (C=N–C) groups is 1. The van der Waals surface area contributed by atoms with Crippen LogP contribution in [0.3, 0.4) is 0 Å². The number of guanidine groups is 1. The Hall–Kier alpha value is -1.51. The second-order valence-corrected chi connectivity index (χ2v) is 6.69. The van der Waals surface area contributed by atoms with Crippen molar-refractivity contribution < 1.29 is 4.79 Å². The third-order valence-electron chi connectivity index (χ3n) is 4.55. The average molecular weight is 473 g/mol. The molecule has 1 atom stereocenters. The molecule has 1 saturated heterocycles. The molecule has 1 aromatic carbocycles. The van der Waals surface area contributed by atoms with Crippen LogP contribution in [0.15, 0.2) is 29.3 Å². The van der Waals surface area contributed by atoms with Gasteiger partial charge in [0.25, 0.3) is 0 Å². The van der Waals surface area contributed by atoms with Crippen molar-refractivity contribution in [3.63, 3.8) is 0 Å². The van der Waals surface area contributed by atoms with Crippen LogP contribution in [0.2, 0.25) is 0 Å². The van der Waals surface area contributed by atoms with Gasteiger partial charge in [-0.3, -0.25) is 9.79 Å². The molecule has 0 spiro atoms. The van der Waals surface area contributed by atoms with Crippen molar-refractivity contribution in [1.82, 2.24) is 15.5 Å². The Morgan fingerprint density at radius 1 is 1.31 bits per heavy atom. The van der Waals surface area contributed by atoms with E-state index in [1.807, 2.05) is 0 Å². The summed E-state index contributed by atoms with van der Waals surface area (Å²) in [6, 6.07) is 8.83. The number of carbonyl (C=O) groups excluding carboxylic acids is 1. The van der Waals surface area contributed by atoms with Crippen molar-refractivity contribution >= 4 is 41.5 Å². The number of hydrogen-bond donors (Lipinski definition) is 2. The Labute approximate surface area is 174 Å². The van der Waals surface area contributed by atoms with Gasteiger partial charge in [0.2, 0.25) is 5.91 Å². The van der Waals surface area contributed by atoms with E-state index in [0.29, 0.717) is 18.9 Å². The fourth-order valence-corrected chi connectivity index (χ4v) is 2.96. The van der Waals surface area contributed by atoms with E-state index in [1.165, 1.54) is 24.1 Å². The molecule has 26 heavy (non-hydrogen) atoms. The minimum absolute atomic E-state index is 0. The van der Waals surface area contributed by atoms with Gasteiger partial charge in [-0.15, -0.1) is 24.0 Å². The zero-order valence-corrected chi connectivity index (χ0v) is 18.6.